The number of ether oxygens (including phenoxy) is 2. The van der Waals surface area contributed by atoms with Crippen LogP contribution in [0.1, 0.15) is 35.4 Å². The molecule has 1 N–H and O–H groups in total. The molecule has 0 fully saturated rings. The largest absolute Gasteiger partial charge is 0.507 e. The number of aromatic hydroxyl groups is 1. The van der Waals surface area contributed by atoms with Crippen molar-refractivity contribution in [2.75, 3.05) is 7.11 Å². The van der Waals surface area contributed by atoms with E-state index in [0.717, 1.165) is 28.2 Å². The van der Waals surface area contributed by atoms with Crippen molar-refractivity contribution >= 4 is 5.71 Å². The van der Waals surface area contributed by atoms with E-state index < -0.39 is 6.23 Å². The third kappa shape index (κ3) is 2.57. The normalized spacial score (nSPS) is 20.0. The number of hydrogen-bond acceptors (Lipinski definition) is 6. The predicted molar refractivity (Wildman–Crippen MR) is 104 cm³/mol. The highest BCUT2D eigenvalue weighted by atomic mass is 16.5. The number of methoxy groups -OCH3 is 1. The number of hydrogen-bond donors (Lipinski definition) is 1. The molecule has 2 aliphatic rings. The van der Waals surface area contributed by atoms with Gasteiger partial charge in [0.2, 0.25) is 6.23 Å². The molecule has 2 aliphatic heterocycles. The SMILES string of the molecule is COc1cccc2c1O[C@@H](c1ccncc1)N1N=C(c3ccccc3O)C[C@H]21. The van der Waals surface area contributed by atoms with Crippen molar-refractivity contribution in [1.29, 1.82) is 0 Å². The second-order valence-electron chi connectivity index (χ2n) is 6.79. The lowest BCUT2D eigenvalue weighted by Crippen LogP contribution is -2.33. The van der Waals surface area contributed by atoms with E-state index in [1.54, 1.807) is 25.6 Å². The Bertz CT molecular complexity index is 1050. The van der Waals surface area contributed by atoms with E-state index in [2.05, 4.69) is 4.98 Å². The number of aromatic nitrogens is 1. The van der Waals surface area contributed by atoms with E-state index in [-0.39, 0.29) is 11.8 Å². The zero-order valence-corrected chi connectivity index (χ0v) is 15.3. The van der Waals surface area contributed by atoms with Gasteiger partial charge in [-0.15, -0.1) is 0 Å². The third-order valence-corrected chi connectivity index (χ3v) is 5.21. The fourth-order valence-corrected chi connectivity index (χ4v) is 3.87. The van der Waals surface area contributed by atoms with Gasteiger partial charge in [0.15, 0.2) is 11.5 Å². The summed E-state index contributed by atoms with van der Waals surface area (Å²) in [6, 6.07) is 17.0. The van der Waals surface area contributed by atoms with Crippen LogP contribution in [-0.2, 0) is 0 Å². The van der Waals surface area contributed by atoms with Crippen molar-refractivity contribution in [2.45, 2.75) is 18.7 Å². The molecule has 5 rings (SSSR count). The van der Waals surface area contributed by atoms with Crippen LogP contribution in [0.15, 0.2) is 72.1 Å². The fraction of sp³-hybridized carbons (Fsp3) is 0.182. The van der Waals surface area contributed by atoms with Gasteiger partial charge < -0.3 is 14.6 Å². The van der Waals surface area contributed by atoms with Crippen LogP contribution in [-0.4, -0.2) is 27.9 Å². The first-order valence-corrected chi connectivity index (χ1v) is 9.14. The summed E-state index contributed by atoms with van der Waals surface area (Å²) < 4.78 is 11.9. The van der Waals surface area contributed by atoms with Crippen molar-refractivity contribution in [3.8, 4) is 17.2 Å². The highest BCUT2D eigenvalue weighted by Gasteiger charge is 2.42. The third-order valence-electron chi connectivity index (χ3n) is 5.21. The number of rotatable bonds is 3. The number of nitrogens with zero attached hydrogens (tertiary/aromatic N) is 3. The summed E-state index contributed by atoms with van der Waals surface area (Å²) in [7, 11) is 1.64. The van der Waals surface area contributed by atoms with E-state index in [1.165, 1.54) is 0 Å². The summed E-state index contributed by atoms with van der Waals surface area (Å²) in [5.41, 5.74) is 3.56. The summed E-state index contributed by atoms with van der Waals surface area (Å²) in [5, 5.41) is 17.1. The van der Waals surface area contributed by atoms with Crippen LogP contribution < -0.4 is 9.47 Å². The molecule has 0 amide bonds. The molecular formula is C22H19N3O3. The minimum absolute atomic E-state index is 0.00776. The second-order valence-corrected chi connectivity index (χ2v) is 6.79. The lowest BCUT2D eigenvalue weighted by molar-refractivity contribution is -0.0209. The van der Waals surface area contributed by atoms with Gasteiger partial charge in [0.05, 0.1) is 18.9 Å². The second kappa shape index (κ2) is 6.56. The van der Waals surface area contributed by atoms with Crippen LogP contribution in [0.3, 0.4) is 0 Å². The molecule has 140 valence electrons. The van der Waals surface area contributed by atoms with Gasteiger partial charge in [-0.3, -0.25) is 4.98 Å². The van der Waals surface area contributed by atoms with Crippen molar-refractivity contribution in [2.24, 2.45) is 5.10 Å². The Kier molecular flexibility index (Phi) is 3.90. The van der Waals surface area contributed by atoms with E-state index >= 15 is 0 Å². The summed E-state index contributed by atoms with van der Waals surface area (Å²) in [4.78, 5) is 4.11. The molecule has 3 heterocycles. The number of phenolic OH excluding ortho intramolecular Hbond substituents is 1. The molecule has 2 atom stereocenters. The maximum Gasteiger partial charge on any atom is 0.214 e. The molecule has 1 aromatic heterocycles. The van der Waals surface area contributed by atoms with Gasteiger partial charge in [0, 0.05) is 35.5 Å². The minimum Gasteiger partial charge on any atom is -0.507 e. The van der Waals surface area contributed by atoms with Crippen molar-refractivity contribution < 1.29 is 14.6 Å². The van der Waals surface area contributed by atoms with Crippen LogP contribution in [0, 0.1) is 0 Å². The first kappa shape index (κ1) is 16.6. The van der Waals surface area contributed by atoms with Crippen molar-refractivity contribution in [3.05, 3.63) is 83.7 Å². The summed E-state index contributed by atoms with van der Waals surface area (Å²) >= 11 is 0. The molecule has 3 aromatic rings. The first-order chi connectivity index (χ1) is 13.8. The number of fused-ring (bicyclic) bond motifs is 3. The molecule has 6 heteroatoms. The van der Waals surface area contributed by atoms with Gasteiger partial charge in [-0.2, -0.15) is 5.10 Å². The van der Waals surface area contributed by atoms with E-state index in [1.807, 2.05) is 53.5 Å². The molecule has 2 aromatic carbocycles. The molecule has 0 radical (unpaired) electrons. The fourth-order valence-electron chi connectivity index (χ4n) is 3.87. The van der Waals surface area contributed by atoms with Gasteiger partial charge in [-0.1, -0.05) is 24.3 Å². The standard InChI is InChI=1S/C22H19N3O3/c1-27-20-8-4-6-16-18-13-17(15-5-2-3-7-19(15)26)24-25(18)22(28-21(16)20)14-9-11-23-12-10-14/h2-12,18,22,26H,13H2,1H3/t18-,22+/m1/s1. The Labute approximate surface area is 162 Å². The first-order valence-electron chi connectivity index (χ1n) is 9.14. The number of phenols is 1. The summed E-state index contributed by atoms with van der Waals surface area (Å²) in [5.74, 6) is 1.67. The van der Waals surface area contributed by atoms with E-state index in [4.69, 9.17) is 14.6 Å². The van der Waals surface area contributed by atoms with Gasteiger partial charge in [0.1, 0.15) is 5.75 Å². The summed E-state index contributed by atoms with van der Waals surface area (Å²) in [6.45, 7) is 0. The molecule has 0 aliphatic carbocycles. The molecule has 28 heavy (non-hydrogen) atoms. The highest BCUT2D eigenvalue weighted by molar-refractivity contribution is 6.04. The van der Waals surface area contributed by atoms with Gasteiger partial charge in [0.25, 0.3) is 0 Å². The van der Waals surface area contributed by atoms with Crippen LogP contribution in [0.2, 0.25) is 0 Å². The lowest BCUT2D eigenvalue weighted by atomic mass is 9.95. The van der Waals surface area contributed by atoms with Crippen LogP contribution in [0.4, 0.5) is 0 Å². The van der Waals surface area contributed by atoms with E-state index in [0.29, 0.717) is 12.2 Å². The average molecular weight is 373 g/mol. The number of pyridine rings is 1. The Balaban J connectivity index is 1.64. The predicted octanol–water partition coefficient (Wildman–Crippen LogP) is 4.04. The quantitative estimate of drug-likeness (QED) is 0.751. The Morgan fingerprint density at radius 3 is 2.68 bits per heavy atom. The number of hydrazone groups is 1. The topological polar surface area (TPSA) is 67.2 Å². The van der Waals surface area contributed by atoms with Crippen LogP contribution in [0.5, 0.6) is 17.2 Å². The maximum atomic E-state index is 10.3. The number of benzene rings is 2. The van der Waals surface area contributed by atoms with Crippen LogP contribution in [0.25, 0.3) is 0 Å². The Hall–Kier alpha value is -3.54. The molecule has 6 nitrogen and oxygen atoms in total. The monoisotopic (exact) mass is 373 g/mol. The highest BCUT2D eigenvalue weighted by Crippen LogP contribution is 2.50. The lowest BCUT2D eigenvalue weighted by Gasteiger charge is -2.38. The Morgan fingerprint density at radius 2 is 1.89 bits per heavy atom. The van der Waals surface area contributed by atoms with E-state index in [9.17, 15) is 5.11 Å². The maximum absolute atomic E-state index is 10.3. The minimum atomic E-state index is -0.403. The van der Waals surface area contributed by atoms with Gasteiger partial charge >= 0.3 is 0 Å². The number of para-hydroxylation sites is 2. The Morgan fingerprint density at radius 1 is 1.07 bits per heavy atom. The molecule has 0 bridgehead atoms. The molecule has 0 saturated heterocycles. The molecular weight excluding hydrogens is 354 g/mol. The summed E-state index contributed by atoms with van der Waals surface area (Å²) in [6.07, 6.45) is 3.76. The van der Waals surface area contributed by atoms with Crippen molar-refractivity contribution in [3.63, 3.8) is 0 Å². The average Bonchev–Trinajstić information content (AvgIpc) is 3.19. The van der Waals surface area contributed by atoms with Gasteiger partial charge in [-0.05, 0) is 30.3 Å². The van der Waals surface area contributed by atoms with Crippen LogP contribution >= 0.6 is 0 Å². The van der Waals surface area contributed by atoms with Crippen molar-refractivity contribution in [1.82, 2.24) is 9.99 Å². The zero-order valence-electron chi connectivity index (χ0n) is 15.3. The zero-order chi connectivity index (χ0) is 19.1. The van der Waals surface area contributed by atoms with Gasteiger partial charge in [-0.25, -0.2) is 5.01 Å². The smallest absolute Gasteiger partial charge is 0.214 e. The molecule has 0 saturated carbocycles. The molecule has 0 unspecified atom stereocenters. The molecule has 0 spiro atoms.